The standard InChI is InChI=1S/2C27H42O6.C24H36O6.C23H34O6/c2*1-4-5-7-24(28)16-23(3)19(6-8-27(23)31-13-14-32-27)18-15-20-26(33-20)17-25(29-11-12-30-25)10-9-22(26,2)21(18)24;1-19-6-7-22(26-8-9-27-22)14-23(19)17(30-23)12-15-16-4-5-24(28-10-11-29-24)20(16,2)13-21(3,25)18(15)19;1-19-5-6-21(25-7-8-26-21)13-22(19)17(29-22)11-14-15-3-4-23(27-9-10-28-23)20(15,2)12-16(24)18(14)19/h2*18-21,28H,4-17H2,1-3H3;15-18,25H,4-14H2,1-3H3;14-18,24H,3-13H2,1-2H3/t18-,19-,20+,21-,22+,23-,24-,26+;18-,19-,20-,21-,22+,23-,24-,26-;15-,16-,17-,18-,19+,20-,21-,23-;14-,15-,16-,17-,18+,19+,20-,22-/m0000/s1. The van der Waals surface area contributed by atoms with Gasteiger partial charge in [-0.1, -0.05) is 94.9 Å². The molecule has 12 saturated heterocycles. The summed E-state index contributed by atoms with van der Waals surface area (Å²) in [5, 5.41) is 49.2. The van der Waals surface area contributed by atoms with Crippen molar-refractivity contribution in [2.75, 3.05) is 106 Å². The minimum atomic E-state index is -0.775. The molecule has 12 aliphatic heterocycles. The highest BCUT2D eigenvalue weighted by molar-refractivity contribution is 5.35. The van der Waals surface area contributed by atoms with Crippen molar-refractivity contribution in [2.45, 2.75) is 410 Å². The van der Waals surface area contributed by atoms with Gasteiger partial charge in [0.2, 0.25) is 0 Å². The van der Waals surface area contributed by atoms with Crippen LogP contribution in [0.3, 0.4) is 0 Å². The van der Waals surface area contributed by atoms with Gasteiger partial charge in [-0.05, 0) is 194 Å². The Morgan fingerprint density at radius 2 is 0.536 bits per heavy atom. The lowest BCUT2D eigenvalue weighted by molar-refractivity contribution is -0.294. The van der Waals surface area contributed by atoms with Gasteiger partial charge >= 0.3 is 0 Å². The molecule has 4 N–H and O–H groups in total. The summed E-state index contributed by atoms with van der Waals surface area (Å²) in [5.41, 5.74) is -3.75. The summed E-state index contributed by atoms with van der Waals surface area (Å²) in [6.07, 6.45) is 33.2. The largest absolute Gasteiger partial charge is 0.393 e. The Balaban J connectivity index is 0.0000000912. The lowest BCUT2D eigenvalue weighted by Gasteiger charge is -2.65. The number of hydrogen-bond donors (Lipinski definition) is 4. The Bertz CT molecular complexity index is 4040. The van der Waals surface area contributed by atoms with Crippen molar-refractivity contribution in [1.29, 1.82) is 0 Å². The maximum absolute atomic E-state index is 12.7. The Morgan fingerprint density at radius 1 is 0.272 bits per heavy atom. The van der Waals surface area contributed by atoms with E-state index in [0.717, 1.165) is 218 Å². The predicted molar refractivity (Wildman–Crippen MR) is 449 cm³/mol. The molecule has 16 aliphatic carbocycles. The number of fused-ring (bicyclic) bond motifs is 20. The molecule has 0 aromatic carbocycles. The third-order valence-corrected chi connectivity index (χ3v) is 44.9. The molecule has 12 spiro atoms. The summed E-state index contributed by atoms with van der Waals surface area (Å²) in [4.78, 5) is 0. The highest BCUT2D eigenvalue weighted by Crippen LogP contribution is 2.84. The van der Waals surface area contributed by atoms with Crippen molar-refractivity contribution in [3.8, 4) is 0 Å². The van der Waals surface area contributed by atoms with E-state index < -0.39 is 63.1 Å². The second-order valence-corrected chi connectivity index (χ2v) is 49.5. The summed E-state index contributed by atoms with van der Waals surface area (Å²) < 4.78 is 126. The molecule has 24 heteroatoms. The van der Waals surface area contributed by atoms with Crippen molar-refractivity contribution >= 4 is 0 Å². The summed E-state index contributed by atoms with van der Waals surface area (Å²) in [6.45, 7) is 36.5. The highest BCUT2D eigenvalue weighted by Gasteiger charge is 2.88. The maximum atomic E-state index is 12.7. The zero-order valence-electron chi connectivity index (χ0n) is 77.6. The van der Waals surface area contributed by atoms with Crippen LogP contribution in [0, 0.1) is 114 Å². The molecule has 24 nitrogen and oxygen atoms in total. The molecule has 0 aromatic heterocycles. The van der Waals surface area contributed by atoms with E-state index in [1.54, 1.807) is 0 Å². The lowest BCUT2D eigenvalue weighted by Crippen LogP contribution is -2.69. The van der Waals surface area contributed by atoms with E-state index in [9.17, 15) is 20.4 Å². The smallest absolute Gasteiger partial charge is 0.174 e. The number of ether oxygens (including phenoxy) is 20. The predicted octanol–water partition coefficient (Wildman–Crippen LogP) is 14.0. The molecule has 12 heterocycles. The van der Waals surface area contributed by atoms with Gasteiger partial charge in [0.25, 0.3) is 0 Å². The fourth-order valence-corrected chi connectivity index (χ4v) is 40.3. The molecule has 28 rings (SSSR count). The third-order valence-electron chi connectivity index (χ3n) is 44.9. The van der Waals surface area contributed by atoms with Gasteiger partial charge in [0.15, 0.2) is 46.3 Å². The van der Waals surface area contributed by atoms with Gasteiger partial charge in [-0.15, -0.1) is 0 Å². The minimum Gasteiger partial charge on any atom is -0.393 e. The molecular formula is C101H154O24. The van der Waals surface area contributed by atoms with Crippen LogP contribution in [-0.4, -0.2) is 242 Å². The van der Waals surface area contributed by atoms with E-state index in [-0.39, 0.29) is 120 Å². The van der Waals surface area contributed by atoms with Crippen LogP contribution in [0.5, 0.6) is 0 Å². The highest BCUT2D eigenvalue weighted by atomic mass is 16.8. The molecule has 125 heavy (non-hydrogen) atoms. The summed E-state index contributed by atoms with van der Waals surface area (Å²) >= 11 is 0. The first kappa shape index (κ1) is 85.7. The van der Waals surface area contributed by atoms with Crippen LogP contribution in [-0.2, 0) is 94.7 Å². The van der Waals surface area contributed by atoms with Gasteiger partial charge in [-0.2, -0.15) is 0 Å². The van der Waals surface area contributed by atoms with Crippen LogP contribution in [0.25, 0.3) is 0 Å². The van der Waals surface area contributed by atoms with Crippen molar-refractivity contribution in [3.05, 3.63) is 0 Å². The Labute approximate surface area is 742 Å². The van der Waals surface area contributed by atoms with Crippen LogP contribution in [0.4, 0.5) is 0 Å². The van der Waals surface area contributed by atoms with Crippen LogP contribution in [0.15, 0.2) is 0 Å². The van der Waals surface area contributed by atoms with Gasteiger partial charge in [0.1, 0.15) is 22.4 Å². The molecule has 0 unspecified atom stereocenters. The number of aliphatic hydroxyl groups is 4. The maximum Gasteiger partial charge on any atom is 0.174 e. The first-order chi connectivity index (χ1) is 59.6. The Morgan fingerprint density at radius 3 is 0.864 bits per heavy atom. The normalized spacial score (nSPS) is 57.1. The Hall–Kier alpha value is -0.960. The summed E-state index contributed by atoms with van der Waals surface area (Å²) in [5.74, 6) is 1.00. The van der Waals surface area contributed by atoms with E-state index in [1.807, 2.05) is 0 Å². The minimum absolute atomic E-state index is 0.0188. The molecule has 16 saturated carbocycles. The number of hydrogen-bond acceptors (Lipinski definition) is 24. The van der Waals surface area contributed by atoms with Crippen LogP contribution < -0.4 is 0 Å². The molecule has 32 atom stereocenters. The SMILES string of the molecule is CCCC[C@]1(O)C[C@@]2(C)[C@@H](CCC23OCCO3)[C@@H]2C[C@@H]3O[C@@]34CC3(CC[C@]4(C)[C@H]21)OCCO3.CCCC[C@]1(O)C[C@@]2(C)[C@@H](CCC23OCCO3)[C@@H]2C[C@H]3O[C@]34CC3(CC[C@]4(C)[C@H]21)OCCO3.C[C@]1(O)C[C@@]2(C)[C@@H](CCC23OCCO3)[C@@H]2C[C@@H]3O[C@@]34CC3(CC[C@]4(C)[C@H]21)OCCO3.C[C@]12C[C@H](O)[C@H]3[C@@H](C[C@@H]4O[C@@]45CC4(CC[C@]35C)OCCO4)[C@@H]1CCC21OCCO1. The number of unbranched alkanes of at least 4 members (excludes halogenated alkanes) is 2. The number of rotatable bonds is 6. The summed E-state index contributed by atoms with van der Waals surface area (Å²) in [7, 11) is 0. The molecule has 0 bridgehead atoms. The first-order valence-electron chi connectivity index (χ1n) is 51.4. The van der Waals surface area contributed by atoms with Gasteiger partial charge in [0.05, 0.1) is 153 Å². The second kappa shape index (κ2) is 27.5. The quantitative estimate of drug-likeness (QED) is 0.180. The van der Waals surface area contributed by atoms with Crippen molar-refractivity contribution in [1.82, 2.24) is 0 Å². The van der Waals surface area contributed by atoms with E-state index in [0.29, 0.717) is 153 Å². The van der Waals surface area contributed by atoms with Gasteiger partial charge in [0, 0.05) is 120 Å². The fraction of sp³-hybridized carbons (Fsp3) is 1.00. The Kier molecular flexibility index (Phi) is 18.9. The van der Waals surface area contributed by atoms with Gasteiger partial charge in [-0.3, -0.25) is 0 Å². The van der Waals surface area contributed by atoms with Crippen molar-refractivity contribution in [2.24, 2.45) is 114 Å². The van der Waals surface area contributed by atoms with E-state index >= 15 is 0 Å². The zero-order valence-corrected chi connectivity index (χ0v) is 77.6. The molecule has 0 aromatic rings. The lowest BCUT2D eigenvalue weighted by atomic mass is 9.40. The van der Waals surface area contributed by atoms with Crippen molar-refractivity contribution in [3.63, 3.8) is 0 Å². The second-order valence-electron chi connectivity index (χ2n) is 49.5. The molecule has 0 radical (unpaired) electrons. The first-order valence-corrected chi connectivity index (χ1v) is 51.4. The van der Waals surface area contributed by atoms with Gasteiger partial charge < -0.3 is 115 Å². The average Bonchev–Trinajstić information content (AvgIpc) is 1.51. The molecule has 0 amide bonds. The molecule has 28 fully saturated rings. The van der Waals surface area contributed by atoms with Crippen LogP contribution in [0.2, 0.25) is 0 Å². The van der Waals surface area contributed by atoms with Gasteiger partial charge in [-0.25, -0.2) is 0 Å². The number of aliphatic hydroxyl groups excluding tert-OH is 1. The topological polar surface area (TPSA) is 279 Å². The fourth-order valence-electron chi connectivity index (χ4n) is 40.3. The van der Waals surface area contributed by atoms with Crippen LogP contribution in [0.1, 0.15) is 294 Å². The molecule has 702 valence electrons. The molecular weight excluding hydrogens is 1600 g/mol. The monoisotopic (exact) mass is 1750 g/mol. The average molecular weight is 1750 g/mol. The number of epoxide rings is 4. The third kappa shape index (κ3) is 10.9. The van der Waals surface area contributed by atoms with E-state index in [2.05, 4.69) is 76.2 Å². The van der Waals surface area contributed by atoms with Crippen molar-refractivity contribution < 1.29 is 115 Å². The summed E-state index contributed by atoms with van der Waals surface area (Å²) in [6, 6.07) is 0. The zero-order chi connectivity index (χ0) is 85.8. The molecule has 28 aliphatic rings. The van der Waals surface area contributed by atoms with Crippen LogP contribution >= 0.6 is 0 Å². The van der Waals surface area contributed by atoms with E-state index in [1.165, 1.54) is 0 Å². The van der Waals surface area contributed by atoms with E-state index in [4.69, 9.17) is 94.7 Å².